The Balaban J connectivity index is 1.91. The van der Waals surface area contributed by atoms with Crippen molar-refractivity contribution in [1.29, 1.82) is 5.26 Å². The van der Waals surface area contributed by atoms with Gasteiger partial charge in [0.05, 0.1) is 11.1 Å². The molecule has 0 bridgehead atoms. The molecule has 0 saturated heterocycles. The van der Waals surface area contributed by atoms with Crippen LogP contribution in [-0.4, -0.2) is 11.5 Å². The number of rotatable bonds is 3. The van der Waals surface area contributed by atoms with Crippen LogP contribution in [0.5, 0.6) is 0 Å². The maximum atomic E-state index is 9.18. The minimum atomic E-state index is 0.627. The van der Waals surface area contributed by atoms with Crippen LogP contribution in [-0.2, 0) is 0 Å². The molecule has 0 spiro atoms. The van der Waals surface area contributed by atoms with E-state index in [0.29, 0.717) is 5.56 Å². The van der Waals surface area contributed by atoms with Crippen LogP contribution in [0, 0.1) is 23.2 Å². The summed E-state index contributed by atoms with van der Waals surface area (Å²) in [5.74, 6) is 2.27. The molecule has 2 aromatic rings. The second-order valence-electron chi connectivity index (χ2n) is 5.04. The van der Waals surface area contributed by atoms with E-state index < -0.39 is 0 Å². The molecule has 2 atom stereocenters. The lowest BCUT2D eigenvalue weighted by Gasteiger charge is -2.08. The number of nitriles is 1. The Labute approximate surface area is 106 Å². The molecule has 18 heavy (non-hydrogen) atoms. The number of hydrogen-bond donors (Lipinski definition) is 1. The van der Waals surface area contributed by atoms with E-state index >= 15 is 0 Å². The number of para-hydroxylation sites is 1. The van der Waals surface area contributed by atoms with E-state index in [-0.39, 0.29) is 0 Å². The van der Waals surface area contributed by atoms with Gasteiger partial charge in [-0.1, -0.05) is 25.1 Å². The Morgan fingerprint density at radius 2 is 2.22 bits per heavy atom. The standard InChI is InChI=1S/C15H15N3/c1-10-6-13(10)9-17-15-12(8-16)7-11-4-2-3-5-14(11)18-15/h2-5,7,10,13H,6,9H2,1H3,(H,17,18). The van der Waals surface area contributed by atoms with Gasteiger partial charge in [0.15, 0.2) is 0 Å². The van der Waals surface area contributed by atoms with Crippen molar-refractivity contribution in [2.75, 3.05) is 11.9 Å². The van der Waals surface area contributed by atoms with E-state index in [1.807, 2.05) is 30.3 Å². The fourth-order valence-corrected chi connectivity index (χ4v) is 2.25. The van der Waals surface area contributed by atoms with Crippen molar-refractivity contribution in [2.24, 2.45) is 11.8 Å². The largest absolute Gasteiger partial charge is 0.369 e. The molecule has 90 valence electrons. The van der Waals surface area contributed by atoms with Crippen molar-refractivity contribution in [3.63, 3.8) is 0 Å². The second-order valence-corrected chi connectivity index (χ2v) is 5.04. The fraction of sp³-hybridized carbons (Fsp3) is 0.333. The van der Waals surface area contributed by atoms with Gasteiger partial charge in [0, 0.05) is 11.9 Å². The Morgan fingerprint density at radius 1 is 1.44 bits per heavy atom. The number of nitrogens with one attached hydrogen (secondary N) is 1. The van der Waals surface area contributed by atoms with Crippen LogP contribution in [0.1, 0.15) is 18.9 Å². The number of aromatic nitrogens is 1. The normalized spacial score (nSPS) is 21.6. The molecule has 1 aliphatic rings. The summed E-state index contributed by atoms with van der Waals surface area (Å²) in [6.45, 7) is 3.17. The molecule has 1 aromatic heterocycles. The Kier molecular flexibility index (Phi) is 2.64. The van der Waals surface area contributed by atoms with E-state index in [1.54, 1.807) is 0 Å². The van der Waals surface area contributed by atoms with E-state index in [2.05, 4.69) is 23.3 Å². The third kappa shape index (κ3) is 2.02. The highest BCUT2D eigenvalue weighted by Gasteiger charge is 2.32. The lowest BCUT2D eigenvalue weighted by Crippen LogP contribution is -2.07. The number of anilines is 1. The summed E-state index contributed by atoms with van der Waals surface area (Å²) in [5, 5.41) is 13.5. The zero-order valence-corrected chi connectivity index (χ0v) is 10.4. The van der Waals surface area contributed by atoms with Crippen molar-refractivity contribution in [2.45, 2.75) is 13.3 Å². The van der Waals surface area contributed by atoms with Gasteiger partial charge in [0.1, 0.15) is 11.9 Å². The molecule has 0 radical (unpaired) electrons. The molecular weight excluding hydrogens is 222 g/mol. The molecule has 1 aromatic carbocycles. The Hall–Kier alpha value is -2.08. The van der Waals surface area contributed by atoms with E-state index in [9.17, 15) is 5.26 Å². The average molecular weight is 237 g/mol. The number of hydrogen-bond acceptors (Lipinski definition) is 3. The summed E-state index contributed by atoms with van der Waals surface area (Å²) >= 11 is 0. The topological polar surface area (TPSA) is 48.7 Å². The predicted octanol–water partition coefficient (Wildman–Crippen LogP) is 3.17. The second kappa shape index (κ2) is 4.30. The summed E-state index contributed by atoms with van der Waals surface area (Å²) in [7, 11) is 0. The molecule has 2 unspecified atom stereocenters. The quantitative estimate of drug-likeness (QED) is 0.892. The predicted molar refractivity (Wildman–Crippen MR) is 72.2 cm³/mol. The molecule has 1 fully saturated rings. The molecule has 1 heterocycles. The van der Waals surface area contributed by atoms with Crippen LogP contribution in [0.4, 0.5) is 5.82 Å². The van der Waals surface area contributed by atoms with E-state index in [0.717, 1.165) is 35.1 Å². The SMILES string of the molecule is CC1CC1CNc1nc2ccccc2cc1C#N. The van der Waals surface area contributed by atoms with Crippen molar-refractivity contribution >= 4 is 16.7 Å². The smallest absolute Gasteiger partial charge is 0.144 e. The molecule has 1 aliphatic carbocycles. The van der Waals surface area contributed by atoms with Gasteiger partial charge in [-0.05, 0) is 30.4 Å². The monoisotopic (exact) mass is 237 g/mol. The molecule has 3 rings (SSSR count). The van der Waals surface area contributed by atoms with Crippen LogP contribution in [0.15, 0.2) is 30.3 Å². The first kappa shape index (κ1) is 11.0. The third-order valence-electron chi connectivity index (χ3n) is 3.65. The highest BCUT2D eigenvalue weighted by Crippen LogP contribution is 2.37. The lowest BCUT2D eigenvalue weighted by molar-refractivity contribution is 0.785. The Morgan fingerprint density at radius 3 is 2.94 bits per heavy atom. The Bertz CT molecular complexity index is 627. The van der Waals surface area contributed by atoms with Crippen molar-refractivity contribution in [3.8, 4) is 6.07 Å². The zero-order chi connectivity index (χ0) is 12.5. The van der Waals surface area contributed by atoms with E-state index in [4.69, 9.17) is 0 Å². The van der Waals surface area contributed by atoms with Gasteiger partial charge >= 0.3 is 0 Å². The summed E-state index contributed by atoms with van der Waals surface area (Å²) in [6, 6.07) is 12.0. The van der Waals surface area contributed by atoms with Gasteiger partial charge in [0.2, 0.25) is 0 Å². The first-order chi connectivity index (χ1) is 8.78. The molecule has 1 saturated carbocycles. The van der Waals surface area contributed by atoms with Crippen LogP contribution >= 0.6 is 0 Å². The fourth-order valence-electron chi connectivity index (χ4n) is 2.25. The molecule has 0 aliphatic heterocycles. The zero-order valence-electron chi connectivity index (χ0n) is 10.4. The van der Waals surface area contributed by atoms with Crippen molar-refractivity contribution < 1.29 is 0 Å². The van der Waals surface area contributed by atoms with Crippen molar-refractivity contribution in [3.05, 3.63) is 35.9 Å². The number of benzene rings is 1. The minimum Gasteiger partial charge on any atom is -0.369 e. The first-order valence-corrected chi connectivity index (χ1v) is 6.31. The molecule has 0 amide bonds. The molecule has 3 heteroatoms. The van der Waals surface area contributed by atoms with Gasteiger partial charge in [-0.15, -0.1) is 0 Å². The first-order valence-electron chi connectivity index (χ1n) is 6.31. The van der Waals surface area contributed by atoms with E-state index in [1.165, 1.54) is 6.42 Å². The maximum Gasteiger partial charge on any atom is 0.144 e. The number of pyridine rings is 1. The molecule has 1 N–H and O–H groups in total. The summed E-state index contributed by atoms with van der Waals surface area (Å²) in [6.07, 6.45) is 1.28. The van der Waals surface area contributed by atoms with Gasteiger partial charge in [-0.3, -0.25) is 0 Å². The van der Waals surface area contributed by atoms with Crippen LogP contribution in [0.3, 0.4) is 0 Å². The van der Waals surface area contributed by atoms with Crippen LogP contribution in [0.25, 0.3) is 10.9 Å². The lowest BCUT2D eigenvalue weighted by atomic mass is 10.1. The van der Waals surface area contributed by atoms with Gasteiger partial charge in [-0.2, -0.15) is 5.26 Å². The minimum absolute atomic E-state index is 0.627. The van der Waals surface area contributed by atoms with Gasteiger partial charge < -0.3 is 5.32 Å². The summed E-state index contributed by atoms with van der Waals surface area (Å²) < 4.78 is 0. The maximum absolute atomic E-state index is 9.18. The average Bonchev–Trinajstić information content (AvgIpc) is 3.11. The number of nitrogens with zero attached hydrogens (tertiary/aromatic N) is 2. The van der Waals surface area contributed by atoms with Crippen molar-refractivity contribution in [1.82, 2.24) is 4.98 Å². The van der Waals surface area contributed by atoms with Crippen LogP contribution < -0.4 is 5.32 Å². The highest BCUT2D eigenvalue weighted by atomic mass is 15.0. The molecule has 3 nitrogen and oxygen atoms in total. The third-order valence-corrected chi connectivity index (χ3v) is 3.65. The molecular formula is C15H15N3. The summed E-state index contributed by atoms with van der Waals surface area (Å²) in [4.78, 5) is 4.54. The number of fused-ring (bicyclic) bond motifs is 1. The van der Waals surface area contributed by atoms with Gasteiger partial charge in [-0.25, -0.2) is 4.98 Å². The summed E-state index contributed by atoms with van der Waals surface area (Å²) in [5.41, 5.74) is 1.56. The highest BCUT2D eigenvalue weighted by molar-refractivity contribution is 5.82. The van der Waals surface area contributed by atoms with Crippen LogP contribution in [0.2, 0.25) is 0 Å². The van der Waals surface area contributed by atoms with Gasteiger partial charge in [0.25, 0.3) is 0 Å².